The first-order valence-electron chi connectivity index (χ1n) is 9.40. The van der Waals surface area contributed by atoms with Crippen LogP contribution in [0.5, 0.6) is 0 Å². The van der Waals surface area contributed by atoms with Gasteiger partial charge in [0.25, 0.3) is 0 Å². The Labute approximate surface area is 168 Å². The second-order valence-corrected chi connectivity index (χ2v) is 7.99. The zero-order valence-corrected chi connectivity index (χ0v) is 17.8. The number of aliphatic imine (C=N–C) groups is 1. The van der Waals surface area contributed by atoms with Gasteiger partial charge in [-0.3, -0.25) is 14.7 Å². The summed E-state index contributed by atoms with van der Waals surface area (Å²) in [5.74, 6) is -1.90. The molecular formula is C18H30F4N4O3. The summed E-state index contributed by atoms with van der Waals surface area (Å²) in [6.45, 7) is 9.08. The van der Waals surface area contributed by atoms with Gasteiger partial charge in [-0.1, -0.05) is 0 Å². The molecule has 1 rings (SSSR count). The van der Waals surface area contributed by atoms with Crippen LogP contribution in [-0.4, -0.2) is 77.4 Å². The van der Waals surface area contributed by atoms with Crippen LogP contribution in [0.2, 0.25) is 0 Å². The molecule has 0 spiro atoms. The maximum absolute atomic E-state index is 14.2. The van der Waals surface area contributed by atoms with E-state index in [9.17, 15) is 27.2 Å². The van der Waals surface area contributed by atoms with Gasteiger partial charge in [-0.25, -0.2) is 9.18 Å². The fourth-order valence-corrected chi connectivity index (χ4v) is 2.96. The first kappa shape index (κ1) is 25.0. The number of nitrogens with one attached hydrogen (secondary N) is 1. The van der Waals surface area contributed by atoms with E-state index in [-0.39, 0.29) is 13.0 Å². The number of ether oxygens (including phenoxy) is 1. The molecule has 1 heterocycles. The van der Waals surface area contributed by atoms with Crippen molar-refractivity contribution in [1.29, 1.82) is 0 Å². The van der Waals surface area contributed by atoms with Crippen LogP contribution in [0.3, 0.4) is 0 Å². The van der Waals surface area contributed by atoms with Crippen LogP contribution >= 0.6 is 0 Å². The number of likely N-dealkylation sites (tertiary alicyclic amines) is 1. The van der Waals surface area contributed by atoms with E-state index in [1.807, 2.05) is 0 Å². The van der Waals surface area contributed by atoms with Crippen LogP contribution in [0.15, 0.2) is 4.99 Å². The highest BCUT2D eigenvalue weighted by atomic mass is 19.4. The SMILES string of the molecule is CCN=C(N(C)C(C)NC(=O)[C@@H]1C[C@@H](F)[C@H](C)N1C(=O)OC(C)(C)C)C(F)(F)F. The molecule has 11 heteroatoms. The molecule has 1 N–H and O–H groups in total. The monoisotopic (exact) mass is 426 g/mol. The van der Waals surface area contributed by atoms with Crippen LogP contribution in [-0.2, 0) is 9.53 Å². The number of amides is 2. The topological polar surface area (TPSA) is 74.2 Å². The lowest BCUT2D eigenvalue weighted by Gasteiger charge is -2.33. The Morgan fingerprint density at radius 1 is 1.31 bits per heavy atom. The minimum Gasteiger partial charge on any atom is -0.444 e. The standard InChI is InChI=1S/C18H30F4N4O3/c1-8-23-15(18(20,21)22)25(7)11(3)24-14(27)13-9-12(19)10(2)26(13)16(28)29-17(4,5)6/h10-13H,8-9H2,1-7H3,(H,24,27)/t10-,11?,12+,13-/m0/s1. The Balaban J connectivity index is 2.98. The minimum atomic E-state index is -4.70. The van der Waals surface area contributed by atoms with E-state index in [1.165, 1.54) is 20.8 Å². The summed E-state index contributed by atoms with van der Waals surface area (Å²) in [5, 5.41) is 2.41. The van der Waals surface area contributed by atoms with Crippen LogP contribution in [0.4, 0.5) is 22.4 Å². The van der Waals surface area contributed by atoms with Gasteiger partial charge in [-0.05, 0) is 41.5 Å². The molecule has 0 aliphatic carbocycles. The molecule has 4 atom stereocenters. The molecular weight excluding hydrogens is 396 g/mol. The molecule has 1 fully saturated rings. The molecule has 1 aliphatic heterocycles. The number of hydrogen-bond acceptors (Lipinski definition) is 4. The summed E-state index contributed by atoms with van der Waals surface area (Å²) in [6.07, 6.45) is -8.37. The molecule has 0 radical (unpaired) electrons. The fourth-order valence-electron chi connectivity index (χ4n) is 2.96. The van der Waals surface area contributed by atoms with E-state index < -0.39 is 54.0 Å². The molecule has 0 aromatic rings. The molecule has 0 aromatic heterocycles. The number of carbonyl (C=O) groups excluding carboxylic acids is 2. The third-order valence-electron chi connectivity index (χ3n) is 4.48. The zero-order chi connectivity index (χ0) is 22.7. The van der Waals surface area contributed by atoms with Gasteiger partial charge in [-0.15, -0.1) is 0 Å². The Kier molecular flexibility index (Phi) is 7.89. The highest BCUT2D eigenvalue weighted by Gasteiger charge is 2.47. The average molecular weight is 426 g/mol. The molecule has 1 saturated heterocycles. The molecule has 2 amide bonds. The van der Waals surface area contributed by atoms with Gasteiger partial charge in [0, 0.05) is 20.0 Å². The maximum Gasteiger partial charge on any atom is 0.449 e. The zero-order valence-electron chi connectivity index (χ0n) is 17.8. The summed E-state index contributed by atoms with van der Waals surface area (Å²) >= 11 is 0. The predicted molar refractivity (Wildman–Crippen MR) is 100 cm³/mol. The van der Waals surface area contributed by atoms with E-state index in [4.69, 9.17) is 4.74 Å². The van der Waals surface area contributed by atoms with E-state index in [1.54, 1.807) is 20.8 Å². The van der Waals surface area contributed by atoms with Crippen molar-refractivity contribution in [3.63, 3.8) is 0 Å². The largest absolute Gasteiger partial charge is 0.449 e. The van der Waals surface area contributed by atoms with Crippen molar-refractivity contribution in [2.75, 3.05) is 13.6 Å². The molecule has 0 bridgehead atoms. The Morgan fingerprint density at radius 2 is 1.86 bits per heavy atom. The highest BCUT2D eigenvalue weighted by Crippen LogP contribution is 2.29. The van der Waals surface area contributed by atoms with Crippen molar-refractivity contribution >= 4 is 17.8 Å². The second kappa shape index (κ2) is 9.17. The van der Waals surface area contributed by atoms with Gasteiger partial charge < -0.3 is 15.0 Å². The van der Waals surface area contributed by atoms with Crippen LogP contribution in [0.25, 0.3) is 0 Å². The Hall–Kier alpha value is -2.07. The molecule has 1 aliphatic rings. The first-order chi connectivity index (χ1) is 13.1. The van der Waals surface area contributed by atoms with E-state index in [0.717, 1.165) is 16.8 Å². The summed E-state index contributed by atoms with van der Waals surface area (Å²) in [5.41, 5.74) is -0.849. The van der Waals surface area contributed by atoms with Crippen molar-refractivity contribution in [3.8, 4) is 0 Å². The van der Waals surface area contributed by atoms with Crippen molar-refractivity contribution in [2.45, 2.75) is 84.2 Å². The van der Waals surface area contributed by atoms with Crippen LogP contribution < -0.4 is 5.32 Å². The van der Waals surface area contributed by atoms with Crippen molar-refractivity contribution in [2.24, 2.45) is 4.99 Å². The van der Waals surface area contributed by atoms with Gasteiger partial charge in [-0.2, -0.15) is 13.2 Å². The quantitative estimate of drug-likeness (QED) is 0.325. The summed E-state index contributed by atoms with van der Waals surface area (Å²) in [7, 11) is 1.15. The van der Waals surface area contributed by atoms with Crippen LogP contribution in [0, 0.1) is 0 Å². The smallest absolute Gasteiger partial charge is 0.444 e. The summed E-state index contributed by atoms with van der Waals surface area (Å²) in [6, 6.07) is -2.09. The fraction of sp³-hybridized carbons (Fsp3) is 0.833. The minimum absolute atomic E-state index is 0.0874. The number of carbonyl (C=O) groups is 2. The van der Waals surface area contributed by atoms with Gasteiger partial charge in [0.05, 0.1) is 12.2 Å². The lowest BCUT2D eigenvalue weighted by Crippen LogP contribution is -2.56. The maximum atomic E-state index is 14.2. The normalized spacial score (nSPS) is 24.3. The molecule has 0 aromatic carbocycles. The van der Waals surface area contributed by atoms with Gasteiger partial charge >= 0.3 is 12.3 Å². The summed E-state index contributed by atoms with van der Waals surface area (Å²) < 4.78 is 59.0. The average Bonchev–Trinajstić information content (AvgIpc) is 2.84. The molecule has 0 saturated carbocycles. The predicted octanol–water partition coefficient (Wildman–Crippen LogP) is 3.10. The number of amidine groups is 1. The second-order valence-electron chi connectivity index (χ2n) is 7.99. The number of hydrogen-bond donors (Lipinski definition) is 1. The van der Waals surface area contributed by atoms with Crippen molar-refractivity contribution < 1.29 is 31.9 Å². The number of rotatable bonds is 4. The lowest BCUT2D eigenvalue weighted by molar-refractivity contribution is -0.127. The van der Waals surface area contributed by atoms with Gasteiger partial charge in [0.2, 0.25) is 11.7 Å². The summed E-state index contributed by atoms with van der Waals surface area (Å²) in [4.78, 5) is 30.4. The Morgan fingerprint density at radius 3 is 2.31 bits per heavy atom. The van der Waals surface area contributed by atoms with Crippen molar-refractivity contribution in [1.82, 2.24) is 15.1 Å². The Bertz CT molecular complexity index is 634. The van der Waals surface area contributed by atoms with Gasteiger partial charge in [0.1, 0.15) is 17.8 Å². The molecule has 168 valence electrons. The van der Waals surface area contributed by atoms with E-state index in [2.05, 4.69) is 10.3 Å². The van der Waals surface area contributed by atoms with Gasteiger partial charge in [0.15, 0.2) is 0 Å². The molecule has 7 nitrogen and oxygen atoms in total. The number of nitrogens with zero attached hydrogens (tertiary/aromatic N) is 3. The van der Waals surface area contributed by atoms with Crippen molar-refractivity contribution in [3.05, 3.63) is 0 Å². The molecule has 29 heavy (non-hydrogen) atoms. The first-order valence-corrected chi connectivity index (χ1v) is 9.40. The van der Waals surface area contributed by atoms with E-state index >= 15 is 0 Å². The lowest BCUT2D eigenvalue weighted by atomic mass is 10.1. The molecule has 1 unspecified atom stereocenters. The van der Waals surface area contributed by atoms with E-state index in [0.29, 0.717) is 0 Å². The highest BCUT2D eigenvalue weighted by molar-refractivity contribution is 5.89. The number of halogens is 4. The third kappa shape index (κ3) is 6.46. The number of alkyl halides is 4. The van der Waals surface area contributed by atoms with Crippen LogP contribution in [0.1, 0.15) is 48.0 Å². The third-order valence-corrected chi connectivity index (χ3v) is 4.48.